The Labute approximate surface area is 327 Å². The van der Waals surface area contributed by atoms with Crippen LogP contribution in [0.2, 0.25) is 0 Å². The molecule has 0 aliphatic carbocycles. The highest BCUT2D eigenvalue weighted by Crippen LogP contribution is 2.54. The third kappa shape index (κ3) is 8.30. The van der Waals surface area contributed by atoms with Gasteiger partial charge in [-0.15, -0.1) is 0 Å². The van der Waals surface area contributed by atoms with Gasteiger partial charge in [0.05, 0.1) is 0 Å². The Kier molecular flexibility index (Phi) is 12.8. The summed E-state index contributed by atoms with van der Waals surface area (Å²) in [5.41, 5.74) is 5.36. The molecule has 0 N–H and O–H groups in total. The average molecular weight is 747 g/mol. The molecule has 7 rings (SSSR count). The lowest BCUT2D eigenvalue weighted by molar-refractivity contribution is 0.421. The zero-order chi connectivity index (χ0) is 37.3. The van der Waals surface area contributed by atoms with E-state index in [9.17, 15) is 0 Å². The molecule has 1 nitrogen and oxygen atoms in total. The molecule has 54 heavy (non-hydrogen) atoms. The zero-order valence-corrected chi connectivity index (χ0v) is 34.5. The molecule has 0 spiro atoms. The number of unbranched alkanes of at least 4 members (excludes halogenated alkanes) is 6. The molecule has 1 aliphatic rings. The first-order valence-corrected chi connectivity index (χ1v) is 23.0. The monoisotopic (exact) mass is 746 g/mol. The van der Waals surface area contributed by atoms with Crippen molar-refractivity contribution in [1.29, 1.82) is 0 Å². The minimum Gasteiger partial charge on any atom is -0.455 e. The third-order valence-electron chi connectivity index (χ3n) is 11.0. The van der Waals surface area contributed by atoms with Crippen LogP contribution in [0.25, 0.3) is 0 Å². The fourth-order valence-corrected chi connectivity index (χ4v) is 13.1. The van der Waals surface area contributed by atoms with E-state index in [1.807, 2.05) is 0 Å². The molecule has 1 aliphatic heterocycles. The van der Waals surface area contributed by atoms with Crippen molar-refractivity contribution in [3.05, 3.63) is 168 Å². The summed E-state index contributed by atoms with van der Waals surface area (Å²) >= 11 is 0. The minimum absolute atomic E-state index is 0.254. The number of fused-ring (bicyclic) bond motifs is 2. The van der Waals surface area contributed by atoms with E-state index in [1.165, 1.54) is 105 Å². The van der Waals surface area contributed by atoms with Gasteiger partial charge in [0.25, 0.3) is 0 Å². The van der Waals surface area contributed by atoms with Crippen molar-refractivity contribution in [2.24, 2.45) is 0 Å². The van der Waals surface area contributed by atoms with E-state index in [0.29, 0.717) is 0 Å². The van der Waals surface area contributed by atoms with Crippen molar-refractivity contribution in [1.82, 2.24) is 0 Å². The second-order valence-electron chi connectivity index (χ2n) is 15.3. The van der Waals surface area contributed by atoms with E-state index in [2.05, 4.69) is 173 Å². The molecule has 1 heterocycles. The van der Waals surface area contributed by atoms with Crippen LogP contribution >= 0.6 is 15.8 Å². The van der Waals surface area contributed by atoms with Crippen molar-refractivity contribution in [3.8, 4) is 11.5 Å². The van der Waals surface area contributed by atoms with E-state index in [-0.39, 0.29) is 5.41 Å². The fourth-order valence-electron chi connectivity index (χ4n) is 8.24. The molecule has 0 aromatic heterocycles. The van der Waals surface area contributed by atoms with Gasteiger partial charge in [-0.3, -0.25) is 0 Å². The predicted octanol–water partition coefficient (Wildman–Crippen LogP) is 11.9. The van der Waals surface area contributed by atoms with Gasteiger partial charge in [-0.1, -0.05) is 200 Å². The number of hydrogen-bond acceptors (Lipinski definition) is 1. The molecule has 276 valence electrons. The Morgan fingerprint density at radius 1 is 0.463 bits per heavy atom. The second-order valence-corrected chi connectivity index (χ2v) is 19.7. The minimum atomic E-state index is -0.883. The Morgan fingerprint density at radius 3 is 1.41 bits per heavy atom. The number of hydrogen-bond donors (Lipinski definition) is 0. The molecule has 0 fully saturated rings. The summed E-state index contributed by atoms with van der Waals surface area (Å²) < 4.78 is 7.72. The molecule has 0 amide bonds. The summed E-state index contributed by atoms with van der Waals surface area (Å²) in [6, 6.07) is 54.6. The number of rotatable bonds is 16. The van der Waals surface area contributed by atoms with Crippen molar-refractivity contribution < 1.29 is 4.74 Å². The van der Waals surface area contributed by atoms with Gasteiger partial charge in [-0.05, 0) is 86.0 Å². The van der Waals surface area contributed by atoms with E-state index in [1.54, 1.807) is 0 Å². The molecular formula is C51H56OP2. The highest BCUT2D eigenvalue weighted by atomic mass is 31.1. The SMILES string of the molecule is CCCCCCc1cc(P(c2ccccc2)c2ccccc2)c2c(c1)C(C)(C)c1c(CCCCCC)ccc(P(c3ccccc3)c3ccccc3)c1O2. The lowest BCUT2D eigenvalue weighted by atomic mass is 9.72. The molecule has 6 aromatic carbocycles. The number of benzene rings is 6. The molecule has 0 atom stereocenters. The van der Waals surface area contributed by atoms with Crippen LogP contribution in [0.15, 0.2) is 146 Å². The van der Waals surface area contributed by atoms with Gasteiger partial charge < -0.3 is 4.74 Å². The first-order chi connectivity index (χ1) is 26.5. The molecule has 3 heteroatoms. The lowest BCUT2D eigenvalue weighted by Gasteiger charge is -2.40. The van der Waals surface area contributed by atoms with Crippen molar-refractivity contribution in [3.63, 3.8) is 0 Å². The largest absolute Gasteiger partial charge is 0.455 e. The quantitative estimate of drug-likeness (QED) is 0.0708. The van der Waals surface area contributed by atoms with Crippen LogP contribution in [0, 0.1) is 0 Å². The molecule has 0 bridgehead atoms. The Balaban J connectivity index is 1.48. The fraction of sp³-hybridized carbons (Fsp3) is 0.294. The van der Waals surface area contributed by atoms with Gasteiger partial charge in [0.1, 0.15) is 11.5 Å². The maximum atomic E-state index is 7.72. The van der Waals surface area contributed by atoms with Crippen LogP contribution in [0.1, 0.15) is 101 Å². The summed E-state index contributed by atoms with van der Waals surface area (Å²) in [5.74, 6) is 2.16. The summed E-state index contributed by atoms with van der Waals surface area (Å²) in [7, 11) is -1.76. The van der Waals surface area contributed by atoms with E-state index < -0.39 is 15.8 Å². The predicted molar refractivity (Wildman–Crippen MR) is 238 cm³/mol. The van der Waals surface area contributed by atoms with Crippen LogP contribution in [0.3, 0.4) is 0 Å². The standard InChI is InChI=1S/C51H56OP2/c1-5-7-9-15-25-39-37-45-49(47(38-39)54(43-31-21-13-22-32-43)44-33-23-14-24-34-44)52-50-46(36-35-40(26-16-10-8-6-2)48(50)51(45,3)4)53(41-27-17-11-18-28-41)42-29-19-12-20-30-42/h11-14,17-24,27-38H,5-10,15-16,25-26H2,1-4H3. The highest BCUT2D eigenvalue weighted by molar-refractivity contribution is 7.80. The molecule has 6 aromatic rings. The summed E-state index contributed by atoms with van der Waals surface area (Å²) in [4.78, 5) is 0. The normalized spacial score (nSPS) is 13.1. The molecule has 0 saturated heterocycles. The number of aryl methyl sites for hydroxylation is 2. The van der Waals surface area contributed by atoms with Crippen LogP contribution < -0.4 is 36.6 Å². The molecule has 0 radical (unpaired) electrons. The van der Waals surface area contributed by atoms with Crippen molar-refractivity contribution in [2.75, 3.05) is 0 Å². The van der Waals surface area contributed by atoms with Crippen LogP contribution in [-0.4, -0.2) is 0 Å². The average Bonchev–Trinajstić information content (AvgIpc) is 3.21. The van der Waals surface area contributed by atoms with Crippen molar-refractivity contribution in [2.45, 2.75) is 97.3 Å². The van der Waals surface area contributed by atoms with E-state index in [0.717, 1.165) is 24.3 Å². The summed E-state index contributed by atoms with van der Waals surface area (Å²) in [6.45, 7) is 9.57. The Hall–Kier alpha value is -4.02. The molecular weight excluding hydrogens is 691 g/mol. The second kappa shape index (κ2) is 18.1. The van der Waals surface area contributed by atoms with Crippen LogP contribution in [0.5, 0.6) is 11.5 Å². The van der Waals surface area contributed by atoms with Crippen LogP contribution in [0.4, 0.5) is 0 Å². The van der Waals surface area contributed by atoms with E-state index in [4.69, 9.17) is 4.74 Å². The lowest BCUT2D eigenvalue weighted by Crippen LogP contribution is -2.34. The third-order valence-corrected chi connectivity index (χ3v) is 15.9. The van der Waals surface area contributed by atoms with Crippen molar-refractivity contribution >= 4 is 47.7 Å². The smallest absolute Gasteiger partial charge is 0.140 e. The van der Waals surface area contributed by atoms with Gasteiger partial charge in [-0.25, -0.2) is 0 Å². The Bertz CT molecular complexity index is 2010. The van der Waals surface area contributed by atoms with Gasteiger partial charge in [-0.2, -0.15) is 0 Å². The van der Waals surface area contributed by atoms with Gasteiger partial charge in [0.2, 0.25) is 0 Å². The number of ether oxygens (including phenoxy) is 1. The van der Waals surface area contributed by atoms with Gasteiger partial charge >= 0.3 is 0 Å². The maximum absolute atomic E-state index is 7.72. The summed E-state index contributed by atoms with van der Waals surface area (Å²) in [5, 5.41) is 8.07. The molecule has 0 unspecified atom stereocenters. The zero-order valence-electron chi connectivity index (χ0n) is 32.7. The molecule has 0 saturated carbocycles. The van der Waals surface area contributed by atoms with Gasteiger partial charge in [0, 0.05) is 27.2 Å². The van der Waals surface area contributed by atoms with Gasteiger partial charge in [0.15, 0.2) is 0 Å². The first kappa shape index (κ1) is 38.3. The first-order valence-electron chi connectivity index (χ1n) is 20.3. The van der Waals surface area contributed by atoms with Crippen LogP contribution in [-0.2, 0) is 18.3 Å². The summed E-state index contributed by atoms with van der Waals surface area (Å²) in [6.07, 6.45) is 12.2. The Morgan fingerprint density at radius 2 is 0.926 bits per heavy atom. The highest BCUT2D eigenvalue weighted by Gasteiger charge is 2.41. The van der Waals surface area contributed by atoms with E-state index >= 15 is 0 Å². The topological polar surface area (TPSA) is 9.23 Å². The maximum Gasteiger partial charge on any atom is 0.140 e.